The second kappa shape index (κ2) is 3.03. The van der Waals surface area contributed by atoms with Crippen LogP contribution in [0, 0.1) is 0 Å². The van der Waals surface area contributed by atoms with Gasteiger partial charge in [0.25, 0.3) is 0 Å². The van der Waals surface area contributed by atoms with E-state index in [1.165, 1.54) is 11.3 Å². The van der Waals surface area contributed by atoms with Crippen molar-refractivity contribution in [1.29, 1.82) is 0 Å². The van der Waals surface area contributed by atoms with Gasteiger partial charge in [-0.1, -0.05) is 0 Å². The van der Waals surface area contributed by atoms with Crippen LogP contribution < -0.4 is 16.4 Å². The van der Waals surface area contributed by atoms with Crippen molar-refractivity contribution < 1.29 is 0 Å². The van der Waals surface area contributed by atoms with Crippen LogP contribution in [0.15, 0.2) is 18.2 Å². The molecule has 4 N–H and O–H groups in total. The van der Waals surface area contributed by atoms with E-state index >= 15 is 0 Å². The second-order valence-electron chi connectivity index (χ2n) is 3.02. The number of hydrogen-bond donors (Lipinski definition) is 3. The van der Waals surface area contributed by atoms with Crippen LogP contribution >= 0.6 is 0 Å². The molecule has 3 nitrogen and oxygen atoms in total. The third-order valence-electron chi connectivity index (χ3n) is 2.06. The number of hydrogen-bond acceptors (Lipinski definition) is 3. The molecule has 1 aromatic carbocycles. The standard InChI is InChI=1S/C9H13N3/c10-8-1-2-9-7(5-8)6-11-3-4-12-9/h1-2,5,11-12H,3-4,6,10H2. The Morgan fingerprint density at radius 1 is 1.25 bits per heavy atom. The van der Waals surface area contributed by atoms with E-state index < -0.39 is 0 Å². The fourth-order valence-electron chi connectivity index (χ4n) is 1.44. The molecular formula is C9H13N3. The lowest BCUT2D eigenvalue weighted by atomic mass is 10.1. The third kappa shape index (κ3) is 1.36. The first-order valence-corrected chi connectivity index (χ1v) is 4.19. The third-order valence-corrected chi connectivity index (χ3v) is 2.06. The Morgan fingerprint density at radius 2 is 2.17 bits per heavy atom. The Balaban J connectivity index is 2.36. The van der Waals surface area contributed by atoms with Crippen LogP contribution in [0.3, 0.4) is 0 Å². The van der Waals surface area contributed by atoms with Crippen molar-refractivity contribution >= 4 is 11.4 Å². The summed E-state index contributed by atoms with van der Waals surface area (Å²) in [5.41, 5.74) is 8.97. The number of nitrogen functional groups attached to an aromatic ring is 1. The van der Waals surface area contributed by atoms with Gasteiger partial charge in [-0.2, -0.15) is 0 Å². The Kier molecular flexibility index (Phi) is 1.87. The minimum absolute atomic E-state index is 0.833. The highest BCUT2D eigenvalue weighted by Crippen LogP contribution is 2.19. The Hall–Kier alpha value is -1.22. The van der Waals surface area contributed by atoms with Gasteiger partial charge >= 0.3 is 0 Å². The zero-order chi connectivity index (χ0) is 8.39. The molecule has 0 aliphatic carbocycles. The average Bonchev–Trinajstić information content (AvgIpc) is 2.28. The lowest BCUT2D eigenvalue weighted by Gasteiger charge is -2.06. The molecule has 64 valence electrons. The maximum atomic E-state index is 5.68. The summed E-state index contributed by atoms with van der Waals surface area (Å²) in [4.78, 5) is 0. The maximum Gasteiger partial charge on any atom is 0.0387 e. The molecule has 3 heteroatoms. The molecule has 0 fully saturated rings. The van der Waals surface area contributed by atoms with E-state index in [4.69, 9.17) is 5.73 Å². The summed E-state index contributed by atoms with van der Waals surface area (Å²) in [6.45, 7) is 2.90. The van der Waals surface area contributed by atoms with Crippen LogP contribution in [-0.4, -0.2) is 13.1 Å². The van der Waals surface area contributed by atoms with Crippen molar-refractivity contribution in [2.45, 2.75) is 6.54 Å². The zero-order valence-corrected chi connectivity index (χ0v) is 6.93. The first kappa shape index (κ1) is 7.43. The summed E-state index contributed by atoms with van der Waals surface area (Å²) in [6.07, 6.45) is 0. The number of nitrogens with one attached hydrogen (secondary N) is 2. The molecule has 0 saturated carbocycles. The molecule has 0 radical (unpaired) electrons. The quantitative estimate of drug-likeness (QED) is 0.495. The minimum Gasteiger partial charge on any atom is -0.399 e. The normalized spacial score (nSPS) is 16.0. The van der Waals surface area contributed by atoms with Crippen molar-refractivity contribution in [3.8, 4) is 0 Å². The van der Waals surface area contributed by atoms with Gasteiger partial charge in [-0.15, -0.1) is 0 Å². The van der Waals surface area contributed by atoms with Crippen LogP contribution in [-0.2, 0) is 6.54 Å². The monoisotopic (exact) mass is 163 g/mol. The lowest BCUT2D eigenvalue weighted by Crippen LogP contribution is -2.16. The Morgan fingerprint density at radius 3 is 3.08 bits per heavy atom. The first-order valence-electron chi connectivity index (χ1n) is 4.19. The van der Waals surface area contributed by atoms with Crippen molar-refractivity contribution in [2.24, 2.45) is 0 Å². The summed E-state index contributed by atoms with van der Waals surface area (Å²) < 4.78 is 0. The van der Waals surface area contributed by atoms with Crippen LogP contribution in [0.2, 0.25) is 0 Å². The van der Waals surface area contributed by atoms with E-state index in [9.17, 15) is 0 Å². The summed E-state index contributed by atoms with van der Waals surface area (Å²) in [5.74, 6) is 0. The molecule has 0 aromatic heterocycles. The van der Waals surface area contributed by atoms with Crippen molar-refractivity contribution in [2.75, 3.05) is 24.1 Å². The largest absolute Gasteiger partial charge is 0.399 e. The number of benzene rings is 1. The van der Waals surface area contributed by atoms with Crippen LogP contribution in [0.25, 0.3) is 0 Å². The smallest absolute Gasteiger partial charge is 0.0387 e. The fraction of sp³-hybridized carbons (Fsp3) is 0.333. The summed E-state index contributed by atoms with van der Waals surface area (Å²) in [7, 11) is 0. The van der Waals surface area contributed by atoms with Gasteiger partial charge in [-0.05, 0) is 23.8 Å². The van der Waals surface area contributed by atoms with E-state index in [2.05, 4.69) is 10.6 Å². The molecule has 1 aliphatic rings. The molecule has 2 rings (SSSR count). The number of fused-ring (bicyclic) bond motifs is 1. The highest BCUT2D eigenvalue weighted by Gasteiger charge is 2.05. The van der Waals surface area contributed by atoms with Crippen LogP contribution in [0.1, 0.15) is 5.56 Å². The number of rotatable bonds is 0. The Bertz CT molecular complexity index is 283. The van der Waals surface area contributed by atoms with Gasteiger partial charge in [0.05, 0.1) is 0 Å². The predicted molar refractivity (Wildman–Crippen MR) is 51.1 cm³/mol. The van der Waals surface area contributed by atoms with E-state index in [1.807, 2.05) is 18.2 Å². The van der Waals surface area contributed by atoms with Gasteiger partial charge in [0.2, 0.25) is 0 Å². The van der Waals surface area contributed by atoms with Gasteiger partial charge in [0.1, 0.15) is 0 Å². The maximum absolute atomic E-state index is 5.68. The van der Waals surface area contributed by atoms with Gasteiger partial charge in [0.15, 0.2) is 0 Å². The summed E-state index contributed by atoms with van der Waals surface area (Å²) in [6, 6.07) is 5.98. The van der Waals surface area contributed by atoms with Crippen LogP contribution in [0.4, 0.5) is 11.4 Å². The fourth-order valence-corrected chi connectivity index (χ4v) is 1.44. The van der Waals surface area contributed by atoms with Crippen LogP contribution in [0.5, 0.6) is 0 Å². The van der Waals surface area contributed by atoms with Gasteiger partial charge in [-0.25, -0.2) is 0 Å². The van der Waals surface area contributed by atoms with Crippen molar-refractivity contribution in [3.63, 3.8) is 0 Å². The average molecular weight is 163 g/mol. The predicted octanol–water partition coefficient (Wildman–Crippen LogP) is 0.784. The van der Waals surface area contributed by atoms with Crippen molar-refractivity contribution in [1.82, 2.24) is 5.32 Å². The lowest BCUT2D eigenvalue weighted by molar-refractivity contribution is 0.725. The summed E-state index contributed by atoms with van der Waals surface area (Å²) >= 11 is 0. The molecule has 1 aliphatic heterocycles. The molecule has 1 aromatic rings. The molecule has 0 atom stereocenters. The van der Waals surface area contributed by atoms with E-state index in [-0.39, 0.29) is 0 Å². The topological polar surface area (TPSA) is 50.1 Å². The van der Waals surface area contributed by atoms with Gasteiger partial charge < -0.3 is 16.4 Å². The number of nitrogens with two attached hydrogens (primary N) is 1. The molecule has 0 bridgehead atoms. The van der Waals surface area contributed by atoms with Gasteiger partial charge in [-0.3, -0.25) is 0 Å². The highest BCUT2D eigenvalue weighted by molar-refractivity contribution is 5.58. The Labute approximate surface area is 72.0 Å². The second-order valence-corrected chi connectivity index (χ2v) is 3.02. The van der Waals surface area contributed by atoms with E-state index in [0.29, 0.717) is 0 Å². The molecule has 0 spiro atoms. The zero-order valence-electron chi connectivity index (χ0n) is 6.93. The first-order chi connectivity index (χ1) is 5.86. The molecular weight excluding hydrogens is 150 g/mol. The van der Waals surface area contributed by atoms with Gasteiger partial charge in [0, 0.05) is 31.0 Å². The minimum atomic E-state index is 0.833. The van der Waals surface area contributed by atoms with E-state index in [1.54, 1.807) is 0 Å². The number of anilines is 2. The molecule has 12 heavy (non-hydrogen) atoms. The molecule has 0 saturated heterocycles. The molecule has 0 unspecified atom stereocenters. The van der Waals surface area contributed by atoms with Crippen molar-refractivity contribution in [3.05, 3.63) is 23.8 Å². The molecule has 0 amide bonds. The molecule has 1 heterocycles. The summed E-state index contributed by atoms with van der Waals surface area (Å²) in [5, 5.41) is 6.65. The SMILES string of the molecule is Nc1ccc2c(c1)CNCCN2. The van der Waals surface area contributed by atoms with E-state index in [0.717, 1.165) is 25.3 Å². The highest BCUT2D eigenvalue weighted by atomic mass is 15.0.